The summed E-state index contributed by atoms with van der Waals surface area (Å²) in [5.74, 6) is -2.62. The van der Waals surface area contributed by atoms with Gasteiger partial charge in [-0.25, -0.2) is 0 Å². The van der Waals surface area contributed by atoms with Gasteiger partial charge in [0.05, 0.1) is 0 Å². The first-order chi connectivity index (χ1) is 11.1. The van der Waals surface area contributed by atoms with Crippen LogP contribution >= 0.6 is 0 Å². The van der Waals surface area contributed by atoms with E-state index in [1.165, 1.54) is 6.92 Å². The molecule has 136 valence electrons. The number of ether oxygens (including phenoxy) is 5. The van der Waals surface area contributed by atoms with E-state index in [1.807, 2.05) is 0 Å². The van der Waals surface area contributed by atoms with Crippen molar-refractivity contribution in [2.24, 2.45) is 5.73 Å². The van der Waals surface area contributed by atoms with Crippen molar-refractivity contribution in [3.63, 3.8) is 0 Å². The molecule has 1 aliphatic rings. The summed E-state index contributed by atoms with van der Waals surface area (Å²) in [6.45, 7) is 4.32. The van der Waals surface area contributed by atoms with Crippen LogP contribution in [-0.2, 0) is 42.9 Å². The summed E-state index contributed by atoms with van der Waals surface area (Å²) in [5, 5.41) is 0. The minimum Gasteiger partial charge on any atom is -0.463 e. The van der Waals surface area contributed by atoms with Crippen LogP contribution in [0.15, 0.2) is 0 Å². The zero-order chi connectivity index (χ0) is 18.4. The second-order valence-corrected chi connectivity index (χ2v) is 5.18. The van der Waals surface area contributed by atoms with Crippen LogP contribution in [0.1, 0.15) is 27.7 Å². The predicted molar refractivity (Wildman–Crippen MR) is 76.1 cm³/mol. The minimum atomic E-state index is -1.26. The quantitative estimate of drug-likeness (QED) is 0.487. The summed E-state index contributed by atoms with van der Waals surface area (Å²) in [5.41, 5.74) is 5.93. The standard InChI is InChI=1S/C14H21NO9/c1-6(16)20-5-10-12(21-7(2)17)13(22-8(3)18)11(15)14(24-10)23-9(4)19/h10-14H,5,15H2,1-4H3/t10?,11?,12-,13-,14+/m0/s1. The highest BCUT2D eigenvalue weighted by Gasteiger charge is 2.50. The number of carbonyl (C=O) groups is 4. The third kappa shape index (κ3) is 5.78. The van der Waals surface area contributed by atoms with Crippen molar-refractivity contribution in [3.05, 3.63) is 0 Å². The van der Waals surface area contributed by atoms with Gasteiger partial charge in [-0.3, -0.25) is 19.2 Å². The molecule has 0 bridgehead atoms. The number of hydrogen-bond acceptors (Lipinski definition) is 10. The van der Waals surface area contributed by atoms with Gasteiger partial charge in [0.1, 0.15) is 18.8 Å². The lowest BCUT2D eigenvalue weighted by molar-refractivity contribution is -0.267. The number of esters is 4. The zero-order valence-electron chi connectivity index (χ0n) is 13.8. The first-order valence-electron chi connectivity index (χ1n) is 7.18. The maximum Gasteiger partial charge on any atom is 0.304 e. The zero-order valence-corrected chi connectivity index (χ0v) is 13.8. The summed E-state index contributed by atoms with van der Waals surface area (Å²) in [6.07, 6.45) is -4.58. The fourth-order valence-corrected chi connectivity index (χ4v) is 2.20. The van der Waals surface area contributed by atoms with Gasteiger partial charge >= 0.3 is 23.9 Å². The van der Waals surface area contributed by atoms with Crippen LogP contribution in [0, 0.1) is 0 Å². The number of hydrogen-bond donors (Lipinski definition) is 1. The van der Waals surface area contributed by atoms with Crippen LogP contribution in [0.2, 0.25) is 0 Å². The molecule has 0 saturated carbocycles. The molecule has 10 nitrogen and oxygen atoms in total. The van der Waals surface area contributed by atoms with Crippen LogP contribution in [0.3, 0.4) is 0 Å². The summed E-state index contributed by atoms with van der Waals surface area (Å²) in [4.78, 5) is 44.9. The normalized spacial score (nSPS) is 29.3. The third-order valence-electron chi connectivity index (χ3n) is 3.03. The van der Waals surface area contributed by atoms with Crippen molar-refractivity contribution >= 4 is 23.9 Å². The maximum atomic E-state index is 11.3. The Bertz CT molecular complexity index is 490. The van der Waals surface area contributed by atoms with Crippen LogP contribution in [0.25, 0.3) is 0 Å². The molecule has 1 saturated heterocycles. The summed E-state index contributed by atoms with van der Waals surface area (Å²) < 4.78 is 25.5. The molecule has 5 atom stereocenters. The lowest BCUT2D eigenvalue weighted by atomic mass is 9.97. The van der Waals surface area contributed by atoms with Crippen molar-refractivity contribution in [1.82, 2.24) is 0 Å². The molecule has 1 heterocycles. The van der Waals surface area contributed by atoms with E-state index in [4.69, 9.17) is 29.4 Å². The molecule has 1 rings (SSSR count). The molecule has 0 aromatic rings. The second-order valence-electron chi connectivity index (χ2n) is 5.18. The molecule has 10 heteroatoms. The topological polar surface area (TPSA) is 140 Å². The third-order valence-corrected chi connectivity index (χ3v) is 3.03. The van der Waals surface area contributed by atoms with E-state index in [-0.39, 0.29) is 6.61 Å². The van der Waals surface area contributed by atoms with E-state index in [1.54, 1.807) is 0 Å². The Morgan fingerprint density at radius 2 is 1.33 bits per heavy atom. The van der Waals surface area contributed by atoms with Crippen LogP contribution in [0.5, 0.6) is 0 Å². The Labute approximate surface area is 138 Å². The minimum absolute atomic E-state index is 0.310. The van der Waals surface area contributed by atoms with Crippen molar-refractivity contribution in [2.45, 2.75) is 58.3 Å². The fourth-order valence-electron chi connectivity index (χ4n) is 2.20. The van der Waals surface area contributed by atoms with Gasteiger partial charge in [-0.15, -0.1) is 0 Å². The van der Waals surface area contributed by atoms with Gasteiger partial charge in [-0.05, 0) is 0 Å². The monoisotopic (exact) mass is 347 g/mol. The van der Waals surface area contributed by atoms with Crippen molar-refractivity contribution < 1.29 is 42.9 Å². The molecule has 0 radical (unpaired) electrons. The first kappa shape index (κ1) is 19.8. The van der Waals surface area contributed by atoms with Gasteiger partial charge in [-0.2, -0.15) is 0 Å². The summed E-state index contributed by atoms with van der Waals surface area (Å²) in [7, 11) is 0. The van der Waals surface area contributed by atoms with E-state index in [0.717, 1.165) is 20.8 Å². The lowest BCUT2D eigenvalue weighted by Crippen LogP contribution is -2.65. The van der Waals surface area contributed by atoms with Crippen molar-refractivity contribution in [3.8, 4) is 0 Å². The van der Waals surface area contributed by atoms with Gasteiger partial charge in [-0.1, -0.05) is 0 Å². The van der Waals surface area contributed by atoms with Crippen molar-refractivity contribution in [2.75, 3.05) is 6.61 Å². The van der Waals surface area contributed by atoms with Crippen LogP contribution in [-0.4, -0.2) is 61.1 Å². The van der Waals surface area contributed by atoms with Gasteiger partial charge < -0.3 is 29.4 Å². The Balaban J connectivity index is 3.08. The average Bonchev–Trinajstić information content (AvgIpc) is 2.42. The lowest BCUT2D eigenvalue weighted by Gasteiger charge is -2.42. The highest BCUT2D eigenvalue weighted by atomic mass is 16.7. The largest absolute Gasteiger partial charge is 0.463 e. The molecule has 0 aromatic carbocycles. The van der Waals surface area contributed by atoms with E-state index >= 15 is 0 Å². The van der Waals surface area contributed by atoms with Crippen molar-refractivity contribution in [1.29, 1.82) is 0 Å². The van der Waals surface area contributed by atoms with E-state index < -0.39 is 54.5 Å². The van der Waals surface area contributed by atoms with Gasteiger partial charge in [0, 0.05) is 27.7 Å². The van der Waals surface area contributed by atoms with E-state index in [2.05, 4.69) is 0 Å². The average molecular weight is 347 g/mol. The van der Waals surface area contributed by atoms with E-state index in [9.17, 15) is 19.2 Å². The smallest absolute Gasteiger partial charge is 0.304 e. The highest BCUT2D eigenvalue weighted by Crippen LogP contribution is 2.26. The molecule has 1 fully saturated rings. The molecule has 24 heavy (non-hydrogen) atoms. The molecular formula is C14H21NO9. The Kier molecular flexibility index (Phi) is 7.11. The van der Waals surface area contributed by atoms with Gasteiger partial charge in [0.2, 0.25) is 6.29 Å². The second kappa shape index (κ2) is 8.60. The fraction of sp³-hybridized carbons (Fsp3) is 0.714. The molecule has 2 unspecified atom stereocenters. The van der Waals surface area contributed by atoms with Crippen LogP contribution in [0.4, 0.5) is 0 Å². The molecule has 0 amide bonds. The maximum absolute atomic E-state index is 11.3. The molecule has 2 N–H and O–H groups in total. The number of carbonyl (C=O) groups excluding carboxylic acids is 4. The Morgan fingerprint density at radius 1 is 0.833 bits per heavy atom. The van der Waals surface area contributed by atoms with Gasteiger partial charge in [0.15, 0.2) is 12.2 Å². The molecule has 0 aliphatic carbocycles. The van der Waals surface area contributed by atoms with Crippen LogP contribution < -0.4 is 5.73 Å². The number of rotatable bonds is 5. The highest BCUT2D eigenvalue weighted by molar-refractivity contribution is 5.68. The Hall–Kier alpha value is -2.20. The predicted octanol–water partition coefficient (Wildman–Crippen LogP) is -0.972. The SMILES string of the molecule is CC(=O)OCC1O[C@@H](OC(C)=O)C(N)[C@H](OC(C)=O)[C@H]1OC(C)=O. The van der Waals surface area contributed by atoms with E-state index in [0.29, 0.717) is 0 Å². The molecule has 0 spiro atoms. The summed E-state index contributed by atoms with van der Waals surface area (Å²) in [6, 6.07) is -1.10. The van der Waals surface area contributed by atoms with Gasteiger partial charge in [0.25, 0.3) is 0 Å². The first-order valence-corrected chi connectivity index (χ1v) is 7.18. The molecule has 1 aliphatic heterocycles. The summed E-state index contributed by atoms with van der Waals surface area (Å²) >= 11 is 0. The molecular weight excluding hydrogens is 326 g/mol. The Morgan fingerprint density at radius 3 is 1.79 bits per heavy atom. The number of nitrogens with two attached hydrogens (primary N) is 1. The molecule has 0 aromatic heterocycles.